The van der Waals surface area contributed by atoms with Gasteiger partial charge in [0, 0.05) is 46.5 Å². The van der Waals surface area contributed by atoms with Crippen LogP contribution >= 0.6 is 11.6 Å². The van der Waals surface area contributed by atoms with E-state index in [0.717, 1.165) is 50.5 Å². The molecule has 0 bridgehead atoms. The summed E-state index contributed by atoms with van der Waals surface area (Å²) >= 11 is 6.37. The summed E-state index contributed by atoms with van der Waals surface area (Å²) in [6, 6.07) is 14.8. The van der Waals surface area contributed by atoms with Crippen molar-refractivity contribution in [1.82, 2.24) is 9.80 Å². The normalized spacial score (nSPS) is 19.3. The summed E-state index contributed by atoms with van der Waals surface area (Å²) in [4.78, 5) is 30.5. The second kappa shape index (κ2) is 10.6. The molecule has 1 saturated carbocycles. The summed E-state index contributed by atoms with van der Waals surface area (Å²) in [5.41, 5.74) is 2.57. The maximum absolute atomic E-state index is 12.7. The van der Waals surface area contributed by atoms with Gasteiger partial charge < -0.3 is 19.8 Å². The number of aliphatic hydroxyl groups excluding tert-OH is 1. The van der Waals surface area contributed by atoms with Crippen LogP contribution in [-0.4, -0.2) is 67.5 Å². The Morgan fingerprint density at radius 2 is 1.80 bits per heavy atom. The molecular formula is C28H36ClN3O3. The lowest BCUT2D eigenvalue weighted by molar-refractivity contribution is -0.142. The van der Waals surface area contributed by atoms with Crippen LogP contribution in [0, 0.1) is 11.3 Å². The molecule has 1 aliphatic carbocycles. The second-order valence-corrected chi connectivity index (χ2v) is 10.7. The zero-order chi connectivity index (χ0) is 25.2. The Morgan fingerprint density at radius 3 is 2.43 bits per heavy atom. The average Bonchev–Trinajstić information content (AvgIpc) is 3.54. The van der Waals surface area contributed by atoms with Crippen LogP contribution in [0.3, 0.4) is 0 Å². The number of nitrogens with zero attached hydrogens (tertiary/aromatic N) is 3. The number of hydrogen-bond donors (Lipinski definition) is 1. The van der Waals surface area contributed by atoms with Crippen LogP contribution < -0.4 is 4.90 Å². The largest absolute Gasteiger partial charge is 0.378 e. The topological polar surface area (TPSA) is 64.1 Å². The molecule has 0 radical (unpaired) electrons. The predicted molar refractivity (Wildman–Crippen MR) is 140 cm³/mol. The van der Waals surface area contributed by atoms with Gasteiger partial charge in [0.2, 0.25) is 0 Å². The molecule has 1 saturated heterocycles. The maximum Gasteiger partial charge on any atom is 0.256 e. The number of amides is 2. The Bertz CT molecular complexity index is 1050. The van der Waals surface area contributed by atoms with Crippen LogP contribution in [0.4, 0.5) is 5.69 Å². The number of aliphatic hydroxyl groups is 1. The number of likely N-dealkylation sites (tertiary alicyclic amines) is 1. The summed E-state index contributed by atoms with van der Waals surface area (Å²) in [7, 11) is 5.50. The third kappa shape index (κ3) is 5.65. The molecule has 2 aliphatic rings. The lowest BCUT2D eigenvalue weighted by atomic mass is 9.89. The van der Waals surface area contributed by atoms with E-state index >= 15 is 0 Å². The highest BCUT2D eigenvalue weighted by Crippen LogP contribution is 2.61. The van der Waals surface area contributed by atoms with Gasteiger partial charge in [-0.05, 0) is 67.2 Å². The molecule has 1 spiro atoms. The number of carbonyl (C=O) groups excluding carboxylic acids is 2. The van der Waals surface area contributed by atoms with Crippen molar-refractivity contribution in [1.29, 1.82) is 0 Å². The Morgan fingerprint density at radius 1 is 1.11 bits per heavy atom. The molecule has 2 aromatic rings. The Kier molecular flexibility index (Phi) is 7.72. The van der Waals surface area contributed by atoms with E-state index in [1.165, 1.54) is 17.7 Å². The van der Waals surface area contributed by atoms with Crippen molar-refractivity contribution in [3.63, 3.8) is 0 Å². The van der Waals surface area contributed by atoms with Crippen molar-refractivity contribution in [2.45, 2.75) is 38.2 Å². The maximum atomic E-state index is 12.7. The molecular weight excluding hydrogens is 462 g/mol. The number of carbonyl (C=O) groups is 2. The molecule has 2 unspecified atom stereocenters. The quantitative estimate of drug-likeness (QED) is 0.578. The lowest BCUT2D eigenvalue weighted by Gasteiger charge is -2.34. The van der Waals surface area contributed by atoms with Crippen LogP contribution in [-0.2, 0) is 4.79 Å². The van der Waals surface area contributed by atoms with E-state index < -0.39 is 6.10 Å². The van der Waals surface area contributed by atoms with Crippen LogP contribution in [0.5, 0.6) is 0 Å². The molecule has 7 heteroatoms. The van der Waals surface area contributed by atoms with E-state index in [1.54, 1.807) is 32.3 Å². The minimum atomic E-state index is -1.07. The number of rotatable bonds is 8. The molecule has 4 rings (SSSR count). The molecule has 2 amide bonds. The van der Waals surface area contributed by atoms with Crippen molar-refractivity contribution in [3.05, 3.63) is 64.7 Å². The molecule has 1 N–H and O–H groups in total. The monoisotopic (exact) mass is 497 g/mol. The third-order valence-corrected chi connectivity index (χ3v) is 8.17. The number of piperidine rings is 1. The van der Waals surface area contributed by atoms with E-state index in [1.807, 2.05) is 35.2 Å². The highest BCUT2D eigenvalue weighted by atomic mass is 35.5. The van der Waals surface area contributed by atoms with Gasteiger partial charge in [0.15, 0.2) is 6.10 Å². The predicted octanol–water partition coefficient (Wildman–Crippen LogP) is 4.62. The first-order chi connectivity index (χ1) is 16.7. The second-order valence-electron chi connectivity index (χ2n) is 10.3. The van der Waals surface area contributed by atoms with Gasteiger partial charge in [0.25, 0.3) is 11.8 Å². The first-order valence-corrected chi connectivity index (χ1v) is 12.8. The molecule has 6 nitrogen and oxygen atoms in total. The van der Waals surface area contributed by atoms with Crippen LogP contribution in [0.15, 0.2) is 48.5 Å². The highest BCUT2D eigenvalue weighted by Gasteiger charge is 2.54. The SMILES string of the molecule is CN(C)C(=O)c1ccc(N(C)CCCC2CC23CCN(C(=O)C(O)c2ccccc2)CC3)cc1Cl. The van der Waals surface area contributed by atoms with Crippen LogP contribution in [0.25, 0.3) is 0 Å². The van der Waals surface area contributed by atoms with Gasteiger partial charge in [-0.15, -0.1) is 0 Å². The van der Waals surface area contributed by atoms with Crippen molar-refractivity contribution >= 4 is 29.1 Å². The van der Waals surface area contributed by atoms with Gasteiger partial charge in [-0.25, -0.2) is 0 Å². The summed E-state index contributed by atoms with van der Waals surface area (Å²) in [5.74, 6) is 0.447. The summed E-state index contributed by atoms with van der Waals surface area (Å²) < 4.78 is 0. The zero-order valence-corrected chi connectivity index (χ0v) is 21.7. The van der Waals surface area contributed by atoms with E-state index in [0.29, 0.717) is 21.6 Å². The van der Waals surface area contributed by atoms with E-state index in [2.05, 4.69) is 11.9 Å². The fourth-order valence-corrected chi connectivity index (χ4v) is 5.69. The van der Waals surface area contributed by atoms with Gasteiger partial charge >= 0.3 is 0 Å². The van der Waals surface area contributed by atoms with E-state index in [9.17, 15) is 14.7 Å². The van der Waals surface area contributed by atoms with Gasteiger partial charge in [-0.1, -0.05) is 41.9 Å². The summed E-state index contributed by atoms with van der Waals surface area (Å²) in [6.07, 6.45) is 4.49. The molecule has 35 heavy (non-hydrogen) atoms. The Labute approximate surface area is 213 Å². The van der Waals surface area contributed by atoms with Crippen molar-refractivity contribution < 1.29 is 14.7 Å². The number of hydrogen-bond acceptors (Lipinski definition) is 4. The molecule has 1 heterocycles. The zero-order valence-electron chi connectivity index (χ0n) is 20.9. The van der Waals surface area contributed by atoms with Gasteiger partial charge in [0.05, 0.1) is 10.6 Å². The van der Waals surface area contributed by atoms with E-state index in [4.69, 9.17) is 11.6 Å². The summed E-state index contributed by atoms with van der Waals surface area (Å²) in [6.45, 7) is 2.39. The van der Waals surface area contributed by atoms with Crippen LogP contribution in [0.2, 0.25) is 5.02 Å². The standard InChI is InChI=1S/C28H36ClN3O3/c1-30(2)26(34)23-12-11-22(18-24(23)29)31(3)15-7-10-21-19-28(21)13-16-32(17-14-28)27(35)25(33)20-8-5-4-6-9-20/h4-6,8-9,11-12,18,21,25,33H,7,10,13-17,19H2,1-3H3. The number of benzene rings is 2. The first kappa shape index (κ1) is 25.5. The van der Waals surface area contributed by atoms with Gasteiger partial charge in [0.1, 0.15) is 0 Å². The molecule has 2 fully saturated rings. The van der Waals surface area contributed by atoms with Crippen LogP contribution in [0.1, 0.15) is 54.1 Å². The average molecular weight is 498 g/mol. The van der Waals surface area contributed by atoms with Crippen molar-refractivity contribution in [2.24, 2.45) is 11.3 Å². The minimum Gasteiger partial charge on any atom is -0.378 e. The van der Waals surface area contributed by atoms with Gasteiger partial charge in [-0.3, -0.25) is 9.59 Å². The number of anilines is 1. The lowest BCUT2D eigenvalue weighted by Crippen LogP contribution is -2.42. The molecule has 2 atom stereocenters. The fourth-order valence-electron chi connectivity index (χ4n) is 5.44. The third-order valence-electron chi connectivity index (χ3n) is 7.86. The smallest absolute Gasteiger partial charge is 0.256 e. The summed E-state index contributed by atoms with van der Waals surface area (Å²) in [5, 5.41) is 10.9. The molecule has 188 valence electrons. The Hall–Kier alpha value is -2.57. The van der Waals surface area contributed by atoms with Crippen molar-refractivity contribution in [3.8, 4) is 0 Å². The number of halogens is 1. The fraction of sp³-hybridized carbons (Fsp3) is 0.500. The molecule has 2 aromatic carbocycles. The first-order valence-electron chi connectivity index (χ1n) is 12.5. The van der Waals surface area contributed by atoms with E-state index in [-0.39, 0.29) is 11.8 Å². The van der Waals surface area contributed by atoms with Crippen molar-refractivity contribution in [2.75, 3.05) is 45.7 Å². The molecule has 0 aromatic heterocycles. The Balaban J connectivity index is 1.21. The highest BCUT2D eigenvalue weighted by molar-refractivity contribution is 6.34. The van der Waals surface area contributed by atoms with Gasteiger partial charge in [-0.2, -0.15) is 0 Å². The minimum absolute atomic E-state index is 0.0921. The molecule has 1 aliphatic heterocycles.